The van der Waals surface area contributed by atoms with Gasteiger partial charge in [0.2, 0.25) is 11.7 Å². The number of nitrogens with one attached hydrogen (secondary N) is 1. The molecule has 0 saturated carbocycles. The zero-order chi connectivity index (χ0) is 20.3. The number of nitrogens with zero attached hydrogens (tertiary/aromatic N) is 4. The van der Waals surface area contributed by atoms with Crippen molar-refractivity contribution in [2.75, 3.05) is 5.32 Å². The third-order valence-corrected chi connectivity index (χ3v) is 5.07. The predicted octanol–water partition coefficient (Wildman–Crippen LogP) is 2.97. The van der Waals surface area contributed by atoms with Crippen LogP contribution in [0.4, 0.5) is 10.1 Å². The Kier molecular flexibility index (Phi) is 3.51. The Morgan fingerprint density at radius 2 is 1.97 bits per heavy atom. The summed E-state index contributed by atoms with van der Waals surface area (Å²) in [5.74, 6) is -1.33. The molecule has 0 bridgehead atoms. The molecule has 144 valence electrons. The van der Waals surface area contributed by atoms with Crippen molar-refractivity contribution in [2.24, 2.45) is 10.2 Å². The summed E-state index contributed by atoms with van der Waals surface area (Å²) in [5.41, 5.74) is 0.254. The van der Waals surface area contributed by atoms with Gasteiger partial charge in [-0.1, -0.05) is 0 Å². The van der Waals surface area contributed by atoms with Crippen LogP contribution < -0.4 is 10.9 Å². The molecule has 0 radical (unpaired) electrons. The van der Waals surface area contributed by atoms with Crippen LogP contribution in [0, 0.1) is 5.82 Å². The molecule has 0 spiro atoms. The van der Waals surface area contributed by atoms with Crippen LogP contribution in [-0.2, 0) is 4.79 Å². The van der Waals surface area contributed by atoms with Gasteiger partial charge in [0.05, 0.1) is 22.2 Å². The Hall–Kier alpha value is -3.75. The standard InChI is InChI=1S/C20H14FN5O3/c1-20(24-25-20)7-6-16(27)22-11-3-4-14-12(9-11)19(29)26-15-5-2-10(21)8-13(15)17(28)18(26)23-14/h2-5,8-9H,6-7H2,1H3,(H,22,27). The molecule has 0 saturated heterocycles. The van der Waals surface area contributed by atoms with Gasteiger partial charge < -0.3 is 5.32 Å². The Morgan fingerprint density at radius 1 is 1.17 bits per heavy atom. The lowest BCUT2D eigenvalue weighted by Gasteiger charge is -2.09. The van der Waals surface area contributed by atoms with Crippen LogP contribution in [-0.4, -0.2) is 26.9 Å². The van der Waals surface area contributed by atoms with E-state index in [0.717, 1.165) is 6.07 Å². The normalized spacial score (nSPS) is 15.3. The van der Waals surface area contributed by atoms with Crippen molar-refractivity contribution < 1.29 is 14.0 Å². The summed E-state index contributed by atoms with van der Waals surface area (Å²) in [6, 6.07) is 8.37. The highest BCUT2D eigenvalue weighted by molar-refractivity contribution is 6.13. The molecule has 0 aliphatic carbocycles. The second kappa shape index (κ2) is 5.87. The third-order valence-electron chi connectivity index (χ3n) is 5.07. The van der Waals surface area contributed by atoms with Crippen LogP contribution in [0.3, 0.4) is 0 Å². The van der Waals surface area contributed by atoms with E-state index in [9.17, 15) is 18.8 Å². The van der Waals surface area contributed by atoms with Gasteiger partial charge in [-0.15, -0.1) is 0 Å². The molecule has 2 aliphatic rings. The maximum atomic E-state index is 13.5. The zero-order valence-corrected chi connectivity index (χ0v) is 15.3. The number of carbonyl (C=O) groups excluding carboxylic acids is 2. The lowest BCUT2D eigenvalue weighted by atomic mass is 10.1. The molecular weight excluding hydrogens is 377 g/mol. The number of benzene rings is 2. The number of amides is 1. The van der Waals surface area contributed by atoms with Crippen molar-refractivity contribution >= 4 is 28.3 Å². The van der Waals surface area contributed by atoms with Gasteiger partial charge in [-0.25, -0.2) is 9.37 Å². The van der Waals surface area contributed by atoms with E-state index in [1.807, 2.05) is 6.92 Å². The maximum absolute atomic E-state index is 13.5. The summed E-state index contributed by atoms with van der Waals surface area (Å²) in [4.78, 5) is 42.1. The van der Waals surface area contributed by atoms with Crippen molar-refractivity contribution in [1.29, 1.82) is 0 Å². The van der Waals surface area contributed by atoms with Gasteiger partial charge in [-0.05, 0) is 43.3 Å². The number of anilines is 1. The van der Waals surface area contributed by atoms with E-state index in [0.29, 0.717) is 23.3 Å². The molecule has 1 N–H and O–H groups in total. The Morgan fingerprint density at radius 3 is 2.72 bits per heavy atom. The molecule has 0 atom stereocenters. The van der Waals surface area contributed by atoms with Crippen molar-refractivity contribution in [2.45, 2.75) is 25.4 Å². The Balaban J connectivity index is 1.52. The van der Waals surface area contributed by atoms with Crippen molar-refractivity contribution in [3.63, 3.8) is 0 Å². The first-order valence-electron chi connectivity index (χ1n) is 9.00. The van der Waals surface area contributed by atoms with E-state index in [2.05, 4.69) is 20.5 Å². The number of carbonyl (C=O) groups is 2. The molecule has 0 unspecified atom stereocenters. The first kappa shape index (κ1) is 17.4. The van der Waals surface area contributed by atoms with Gasteiger partial charge in [0.25, 0.3) is 5.56 Å². The average molecular weight is 391 g/mol. The number of hydrogen-bond donors (Lipinski definition) is 1. The van der Waals surface area contributed by atoms with E-state index in [1.165, 1.54) is 22.8 Å². The van der Waals surface area contributed by atoms with Crippen molar-refractivity contribution in [1.82, 2.24) is 9.55 Å². The fraction of sp³-hybridized carbons (Fsp3) is 0.200. The van der Waals surface area contributed by atoms with E-state index in [1.54, 1.807) is 12.1 Å². The van der Waals surface area contributed by atoms with Crippen LogP contribution >= 0.6 is 0 Å². The smallest absolute Gasteiger partial charge is 0.266 e. The second-order valence-corrected chi connectivity index (χ2v) is 7.26. The summed E-state index contributed by atoms with van der Waals surface area (Å²) in [5, 5.41) is 10.7. The first-order chi connectivity index (χ1) is 13.8. The predicted molar refractivity (Wildman–Crippen MR) is 102 cm³/mol. The fourth-order valence-corrected chi connectivity index (χ4v) is 3.40. The number of ketones is 1. The first-order valence-corrected chi connectivity index (χ1v) is 9.00. The molecule has 3 aromatic rings. The summed E-state index contributed by atoms with van der Waals surface area (Å²) < 4.78 is 14.7. The molecule has 3 heterocycles. The maximum Gasteiger partial charge on any atom is 0.266 e. The largest absolute Gasteiger partial charge is 0.326 e. The second-order valence-electron chi connectivity index (χ2n) is 7.26. The molecule has 2 aliphatic heterocycles. The molecular formula is C20H14FN5O3. The average Bonchev–Trinajstić information content (AvgIpc) is 3.37. The Bertz CT molecular complexity index is 1320. The molecule has 8 nitrogen and oxygen atoms in total. The van der Waals surface area contributed by atoms with Crippen LogP contribution in [0.5, 0.6) is 0 Å². The summed E-state index contributed by atoms with van der Waals surface area (Å²) >= 11 is 0. The van der Waals surface area contributed by atoms with Gasteiger partial charge in [-0.2, -0.15) is 10.2 Å². The minimum Gasteiger partial charge on any atom is -0.326 e. The molecule has 9 heteroatoms. The minimum absolute atomic E-state index is 0.0509. The van der Waals surface area contributed by atoms with Crippen LogP contribution in [0.1, 0.15) is 35.9 Å². The van der Waals surface area contributed by atoms with Crippen molar-refractivity contribution in [3.8, 4) is 5.69 Å². The Labute approximate surface area is 163 Å². The van der Waals surface area contributed by atoms with E-state index < -0.39 is 22.8 Å². The summed E-state index contributed by atoms with van der Waals surface area (Å²) in [6.45, 7) is 1.84. The molecule has 1 amide bonds. The lowest BCUT2D eigenvalue weighted by molar-refractivity contribution is -0.116. The number of aromatic nitrogens is 2. The number of fused-ring (bicyclic) bond motifs is 4. The zero-order valence-electron chi connectivity index (χ0n) is 15.3. The van der Waals surface area contributed by atoms with E-state index >= 15 is 0 Å². The van der Waals surface area contributed by atoms with Gasteiger partial charge in [0, 0.05) is 18.5 Å². The molecule has 5 rings (SSSR count). The topological polar surface area (TPSA) is 106 Å². The van der Waals surface area contributed by atoms with Gasteiger partial charge >= 0.3 is 0 Å². The van der Waals surface area contributed by atoms with E-state index in [4.69, 9.17) is 0 Å². The highest BCUT2D eigenvalue weighted by Gasteiger charge is 2.34. The van der Waals surface area contributed by atoms with E-state index in [-0.39, 0.29) is 29.1 Å². The lowest BCUT2D eigenvalue weighted by Crippen LogP contribution is -2.22. The molecule has 1 aromatic heterocycles. The monoisotopic (exact) mass is 391 g/mol. The van der Waals surface area contributed by atoms with Gasteiger partial charge in [-0.3, -0.25) is 19.0 Å². The van der Waals surface area contributed by atoms with Gasteiger partial charge in [0.15, 0.2) is 11.5 Å². The SMILES string of the molecule is CC1(CCC(=O)Nc2ccc3nc4n(c(=O)c3c2)-c2ccc(F)cc2C4=O)N=N1. The summed E-state index contributed by atoms with van der Waals surface area (Å²) in [6.07, 6.45) is 0.760. The third kappa shape index (κ3) is 2.82. The minimum atomic E-state index is -0.562. The van der Waals surface area contributed by atoms with Crippen LogP contribution in [0.15, 0.2) is 51.4 Å². The van der Waals surface area contributed by atoms with Gasteiger partial charge in [0.1, 0.15) is 5.82 Å². The quantitative estimate of drug-likeness (QED) is 0.577. The number of rotatable bonds is 4. The fourth-order valence-electron chi connectivity index (χ4n) is 3.40. The van der Waals surface area contributed by atoms with Crippen molar-refractivity contribution in [3.05, 3.63) is 64.0 Å². The highest BCUT2D eigenvalue weighted by Crippen LogP contribution is 2.32. The van der Waals surface area contributed by atoms with Crippen LogP contribution in [0.2, 0.25) is 0 Å². The molecule has 2 aromatic carbocycles. The summed E-state index contributed by atoms with van der Waals surface area (Å²) in [7, 11) is 0. The number of halogens is 1. The molecule has 0 fully saturated rings. The van der Waals surface area contributed by atoms with Crippen LogP contribution in [0.25, 0.3) is 16.6 Å². The molecule has 29 heavy (non-hydrogen) atoms. The number of hydrogen-bond acceptors (Lipinski definition) is 6. The highest BCUT2D eigenvalue weighted by atomic mass is 19.1.